The Labute approximate surface area is 132 Å². The number of aromatic amines is 1. The molecule has 1 amide bonds. The van der Waals surface area contributed by atoms with Crippen LogP contribution in [0.25, 0.3) is 0 Å². The molecule has 1 aromatic carbocycles. The number of nitrogens with one attached hydrogen (secondary N) is 2. The minimum absolute atomic E-state index is 0.0317. The lowest BCUT2D eigenvalue weighted by Gasteiger charge is -2.12. The lowest BCUT2D eigenvalue weighted by Crippen LogP contribution is -2.31. The smallest absolute Gasteiger partial charge is 0.344 e. The minimum Gasteiger partial charge on any atom is -0.355 e. The number of hydrogen-bond acceptors (Lipinski definition) is 4. The molecular weight excluding hydrogens is 300 g/mol. The molecule has 2 heterocycles. The Morgan fingerprint density at radius 3 is 2.86 bits per heavy atom. The van der Waals surface area contributed by atoms with Crippen LogP contribution in [0.5, 0.6) is 0 Å². The largest absolute Gasteiger partial charge is 0.355 e. The summed E-state index contributed by atoms with van der Waals surface area (Å²) in [6.07, 6.45) is 2.81. The Hall–Kier alpha value is -2.02. The fraction of sp³-hybridized carbons (Fsp3) is 0.400. The molecule has 22 heavy (non-hydrogen) atoms. The van der Waals surface area contributed by atoms with Gasteiger partial charge in [-0.3, -0.25) is 9.36 Å². The average Bonchev–Trinajstić information content (AvgIpc) is 2.74. The first kappa shape index (κ1) is 14.9. The summed E-state index contributed by atoms with van der Waals surface area (Å²) in [6.45, 7) is 1.18. The van der Waals surface area contributed by atoms with Crippen LogP contribution in [0.4, 0.5) is 0 Å². The number of thioether (sulfide) groups is 1. The number of amides is 1. The molecule has 0 bridgehead atoms. The minimum atomic E-state index is -0.250. The van der Waals surface area contributed by atoms with Crippen LogP contribution in [0.15, 0.2) is 40.3 Å². The number of benzene rings is 1. The van der Waals surface area contributed by atoms with Gasteiger partial charge in [0, 0.05) is 6.54 Å². The van der Waals surface area contributed by atoms with Crippen LogP contribution in [-0.4, -0.2) is 32.5 Å². The second-order valence-electron chi connectivity index (χ2n) is 5.28. The third kappa shape index (κ3) is 3.41. The van der Waals surface area contributed by atoms with Crippen LogP contribution in [-0.2, 0) is 11.3 Å². The highest BCUT2D eigenvalue weighted by atomic mass is 32.2. The van der Waals surface area contributed by atoms with E-state index < -0.39 is 0 Å². The molecule has 1 aliphatic heterocycles. The molecule has 1 unspecified atom stereocenters. The summed E-state index contributed by atoms with van der Waals surface area (Å²) >= 11 is 1.36. The Morgan fingerprint density at radius 1 is 1.23 bits per heavy atom. The van der Waals surface area contributed by atoms with E-state index in [9.17, 15) is 9.59 Å². The maximum absolute atomic E-state index is 12.0. The second kappa shape index (κ2) is 6.83. The third-order valence-corrected chi connectivity index (χ3v) is 4.90. The average molecular weight is 318 g/mol. The number of carbonyl (C=O) groups is 1. The van der Waals surface area contributed by atoms with E-state index in [1.807, 2.05) is 30.3 Å². The number of nitrogens with zero attached hydrogens (tertiary/aromatic N) is 2. The number of hydrogen-bond donors (Lipinski definition) is 2. The summed E-state index contributed by atoms with van der Waals surface area (Å²) in [4.78, 5) is 24.0. The highest BCUT2D eigenvalue weighted by molar-refractivity contribution is 8.00. The van der Waals surface area contributed by atoms with Crippen LogP contribution >= 0.6 is 11.8 Å². The summed E-state index contributed by atoms with van der Waals surface area (Å²) in [7, 11) is 0. The molecule has 1 fully saturated rings. The predicted molar refractivity (Wildman–Crippen MR) is 84.9 cm³/mol. The van der Waals surface area contributed by atoms with Crippen molar-refractivity contribution in [1.82, 2.24) is 20.1 Å². The number of H-pyrrole nitrogens is 1. The van der Waals surface area contributed by atoms with E-state index >= 15 is 0 Å². The number of carbonyl (C=O) groups excluding carboxylic acids is 1. The van der Waals surface area contributed by atoms with Crippen molar-refractivity contribution < 1.29 is 4.79 Å². The molecule has 0 radical (unpaired) electrons. The van der Waals surface area contributed by atoms with Crippen molar-refractivity contribution in [3.63, 3.8) is 0 Å². The van der Waals surface area contributed by atoms with Gasteiger partial charge in [0.15, 0.2) is 5.16 Å². The number of rotatable bonds is 4. The molecule has 2 N–H and O–H groups in total. The van der Waals surface area contributed by atoms with Gasteiger partial charge in [0.25, 0.3) is 0 Å². The van der Waals surface area contributed by atoms with Gasteiger partial charge in [0.1, 0.15) is 0 Å². The Morgan fingerprint density at radius 2 is 2.05 bits per heavy atom. The van der Waals surface area contributed by atoms with E-state index in [1.54, 1.807) is 4.57 Å². The lowest BCUT2D eigenvalue weighted by molar-refractivity contribution is -0.120. The van der Waals surface area contributed by atoms with Crippen molar-refractivity contribution in [3.8, 4) is 0 Å². The maximum atomic E-state index is 12.0. The standard InChI is InChI=1S/C15H18N4O2S/c20-13-12(8-4-5-9-16-13)22-15-18-17-14(21)19(15)10-11-6-2-1-3-7-11/h1-3,6-7,12H,4-5,8-10H2,(H,16,20)(H,17,21). The first-order valence-corrected chi connectivity index (χ1v) is 8.25. The van der Waals surface area contributed by atoms with E-state index in [0.717, 1.165) is 31.4 Å². The molecule has 3 rings (SSSR count). The molecule has 7 heteroatoms. The van der Waals surface area contributed by atoms with E-state index in [-0.39, 0.29) is 16.8 Å². The van der Waals surface area contributed by atoms with E-state index in [1.165, 1.54) is 11.8 Å². The quantitative estimate of drug-likeness (QED) is 0.892. The van der Waals surface area contributed by atoms with Crippen LogP contribution in [0, 0.1) is 0 Å². The fourth-order valence-corrected chi connectivity index (χ4v) is 3.55. The Bertz CT molecular complexity index is 695. The summed E-state index contributed by atoms with van der Waals surface area (Å²) in [5.74, 6) is 0.0317. The van der Waals surface area contributed by atoms with Gasteiger partial charge in [-0.2, -0.15) is 0 Å². The van der Waals surface area contributed by atoms with Crippen LogP contribution < -0.4 is 11.0 Å². The zero-order chi connectivity index (χ0) is 15.4. The predicted octanol–water partition coefficient (Wildman–Crippen LogP) is 1.38. The summed E-state index contributed by atoms with van der Waals surface area (Å²) in [5, 5.41) is 9.85. The Balaban J connectivity index is 1.79. The normalized spacial score (nSPS) is 18.7. The third-order valence-electron chi connectivity index (χ3n) is 3.64. The molecule has 1 saturated heterocycles. The molecule has 0 aliphatic carbocycles. The molecular formula is C15H18N4O2S. The van der Waals surface area contributed by atoms with Gasteiger partial charge in [-0.15, -0.1) is 5.10 Å². The van der Waals surface area contributed by atoms with Crippen molar-refractivity contribution >= 4 is 17.7 Å². The summed E-state index contributed by atoms with van der Waals surface area (Å²) in [5.41, 5.74) is 0.776. The van der Waals surface area contributed by atoms with Gasteiger partial charge in [-0.25, -0.2) is 9.89 Å². The van der Waals surface area contributed by atoms with Gasteiger partial charge >= 0.3 is 5.69 Å². The van der Waals surface area contributed by atoms with Gasteiger partial charge in [0.2, 0.25) is 5.91 Å². The highest BCUT2D eigenvalue weighted by Crippen LogP contribution is 2.26. The van der Waals surface area contributed by atoms with Crippen LogP contribution in [0.2, 0.25) is 0 Å². The topological polar surface area (TPSA) is 79.8 Å². The van der Waals surface area contributed by atoms with Crippen molar-refractivity contribution in [2.45, 2.75) is 36.2 Å². The van der Waals surface area contributed by atoms with Crippen molar-refractivity contribution in [2.24, 2.45) is 0 Å². The van der Waals surface area contributed by atoms with Crippen LogP contribution in [0.3, 0.4) is 0 Å². The summed E-state index contributed by atoms with van der Waals surface area (Å²) < 4.78 is 1.58. The lowest BCUT2D eigenvalue weighted by atomic mass is 10.2. The molecule has 0 spiro atoms. The van der Waals surface area contributed by atoms with Crippen molar-refractivity contribution in [3.05, 3.63) is 46.4 Å². The van der Waals surface area contributed by atoms with E-state index in [0.29, 0.717) is 11.7 Å². The molecule has 1 aliphatic rings. The molecule has 0 saturated carbocycles. The SMILES string of the molecule is O=C1NCCCCC1Sc1n[nH]c(=O)n1Cc1ccccc1. The summed E-state index contributed by atoms with van der Waals surface area (Å²) in [6, 6.07) is 9.74. The molecule has 2 aromatic rings. The first-order valence-electron chi connectivity index (χ1n) is 7.37. The molecule has 1 atom stereocenters. The molecule has 6 nitrogen and oxygen atoms in total. The van der Waals surface area contributed by atoms with Gasteiger partial charge < -0.3 is 5.32 Å². The number of aromatic nitrogens is 3. The van der Waals surface area contributed by atoms with Crippen molar-refractivity contribution in [2.75, 3.05) is 6.54 Å². The first-order chi connectivity index (χ1) is 10.7. The molecule has 116 valence electrons. The van der Waals surface area contributed by atoms with Gasteiger partial charge in [-0.05, 0) is 18.4 Å². The van der Waals surface area contributed by atoms with Gasteiger partial charge in [0.05, 0.1) is 11.8 Å². The van der Waals surface area contributed by atoms with Crippen LogP contribution in [0.1, 0.15) is 24.8 Å². The maximum Gasteiger partial charge on any atom is 0.344 e. The van der Waals surface area contributed by atoms with Crippen molar-refractivity contribution in [1.29, 1.82) is 0 Å². The fourth-order valence-electron chi connectivity index (χ4n) is 2.45. The van der Waals surface area contributed by atoms with Gasteiger partial charge in [-0.1, -0.05) is 48.5 Å². The molecule has 1 aromatic heterocycles. The van der Waals surface area contributed by atoms with E-state index in [4.69, 9.17) is 0 Å². The van der Waals surface area contributed by atoms with E-state index in [2.05, 4.69) is 15.5 Å². The zero-order valence-corrected chi connectivity index (χ0v) is 12.9. The second-order valence-corrected chi connectivity index (χ2v) is 6.45. The zero-order valence-electron chi connectivity index (χ0n) is 12.1. The Kier molecular flexibility index (Phi) is 4.62. The monoisotopic (exact) mass is 318 g/mol. The highest BCUT2D eigenvalue weighted by Gasteiger charge is 2.24.